The predicted molar refractivity (Wildman–Crippen MR) is 123 cm³/mol. The number of nitrogens with one attached hydrogen (secondary N) is 2. The molecule has 2 N–H and O–H groups in total. The molecule has 2 aromatic rings. The second-order valence-electron chi connectivity index (χ2n) is 8.93. The molecular weight excluding hydrogens is 394 g/mol. The third kappa shape index (κ3) is 6.73. The highest BCUT2D eigenvalue weighted by Crippen LogP contribution is 2.27. The van der Waals surface area contributed by atoms with Crippen molar-refractivity contribution in [2.75, 3.05) is 32.1 Å². The van der Waals surface area contributed by atoms with Crippen LogP contribution in [0.4, 0.5) is 10.6 Å². The van der Waals surface area contributed by atoms with Crippen LogP contribution in [0.5, 0.6) is 5.75 Å². The number of hydrogen-bond acceptors (Lipinski definition) is 4. The molecular formula is C23H35N5O3. The molecule has 0 aliphatic rings. The number of carbonyl (C=O) groups excluding carboxylic acids is 2. The summed E-state index contributed by atoms with van der Waals surface area (Å²) in [6.07, 6.45) is 0. The zero-order chi connectivity index (χ0) is 23.2. The first-order valence-corrected chi connectivity index (χ1v) is 10.6. The Morgan fingerprint density at radius 2 is 1.84 bits per heavy atom. The van der Waals surface area contributed by atoms with Crippen molar-refractivity contribution < 1.29 is 14.3 Å². The topological polar surface area (TPSA) is 88.5 Å². The summed E-state index contributed by atoms with van der Waals surface area (Å²) in [6, 6.07) is 9.09. The van der Waals surface area contributed by atoms with E-state index in [-0.39, 0.29) is 29.8 Å². The summed E-state index contributed by atoms with van der Waals surface area (Å²) in [4.78, 5) is 26.7. The van der Waals surface area contributed by atoms with E-state index in [9.17, 15) is 9.59 Å². The minimum absolute atomic E-state index is 0.0390. The summed E-state index contributed by atoms with van der Waals surface area (Å²) in [6.45, 7) is 13.0. The molecule has 1 aromatic heterocycles. The van der Waals surface area contributed by atoms with Crippen LogP contribution in [0.2, 0.25) is 0 Å². The normalized spacial score (nSPS) is 11.4. The maximum Gasteiger partial charge on any atom is 0.317 e. The summed E-state index contributed by atoms with van der Waals surface area (Å²) in [5.41, 5.74) is 1.46. The zero-order valence-electron chi connectivity index (χ0n) is 19.7. The Morgan fingerprint density at radius 1 is 1.19 bits per heavy atom. The van der Waals surface area contributed by atoms with Crippen molar-refractivity contribution >= 4 is 17.8 Å². The maximum absolute atomic E-state index is 12.9. The number of nitrogens with zero attached hydrogens (tertiary/aromatic N) is 3. The molecule has 1 heterocycles. The van der Waals surface area contributed by atoms with Crippen LogP contribution in [-0.2, 0) is 10.2 Å². The highest BCUT2D eigenvalue weighted by atomic mass is 16.5. The number of urea groups is 1. The number of aromatic nitrogens is 2. The van der Waals surface area contributed by atoms with E-state index in [1.165, 1.54) is 4.90 Å². The van der Waals surface area contributed by atoms with Gasteiger partial charge in [-0.15, -0.1) is 0 Å². The van der Waals surface area contributed by atoms with Crippen molar-refractivity contribution in [1.29, 1.82) is 0 Å². The Morgan fingerprint density at radius 3 is 2.35 bits per heavy atom. The van der Waals surface area contributed by atoms with Gasteiger partial charge < -0.3 is 20.3 Å². The van der Waals surface area contributed by atoms with Gasteiger partial charge in [-0.25, -0.2) is 9.48 Å². The van der Waals surface area contributed by atoms with Crippen molar-refractivity contribution in [2.45, 2.75) is 47.0 Å². The molecule has 0 radical (unpaired) electrons. The van der Waals surface area contributed by atoms with Gasteiger partial charge >= 0.3 is 6.03 Å². The molecule has 8 nitrogen and oxygen atoms in total. The van der Waals surface area contributed by atoms with E-state index in [0.717, 1.165) is 17.1 Å². The fourth-order valence-corrected chi connectivity index (χ4v) is 3.04. The largest absolute Gasteiger partial charge is 0.497 e. The molecule has 0 bridgehead atoms. The molecule has 31 heavy (non-hydrogen) atoms. The first kappa shape index (κ1) is 24.2. The third-order valence-corrected chi connectivity index (χ3v) is 4.60. The molecule has 0 unspecified atom stereocenters. The first-order valence-electron chi connectivity index (χ1n) is 10.6. The highest BCUT2D eigenvalue weighted by Gasteiger charge is 2.23. The molecule has 3 amide bonds. The minimum Gasteiger partial charge on any atom is -0.497 e. The summed E-state index contributed by atoms with van der Waals surface area (Å²) < 4.78 is 6.94. The second kappa shape index (κ2) is 10.3. The average molecular weight is 430 g/mol. The van der Waals surface area contributed by atoms with E-state index in [1.807, 2.05) is 51.1 Å². The monoisotopic (exact) mass is 429 g/mol. The van der Waals surface area contributed by atoms with E-state index in [2.05, 4.69) is 31.4 Å². The lowest BCUT2D eigenvalue weighted by Gasteiger charge is -2.24. The van der Waals surface area contributed by atoms with Crippen LogP contribution in [0.1, 0.15) is 47.2 Å². The van der Waals surface area contributed by atoms with Gasteiger partial charge in [-0.3, -0.25) is 4.79 Å². The summed E-state index contributed by atoms with van der Waals surface area (Å²) >= 11 is 0. The fraction of sp³-hybridized carbons (Fsp3) is 0.522. The van der Waals surface area contributed by atoms with Crippen LogP contribution >= 0.6 is 0 Å². The Balaban J connectivity index is 2.29. The number of amides is 3. The van der Waals surface area contributed by atoms with E-state index >= 15 is 0 Å². The number of hydrogen-bond donors (Lipinski definition) is 2. The Labute approximate surface area is 185 Å². The van der Waals surface area contributed by atoms with Gasteiger partial charge in [-0.1, -0.05) is 34.6 Å². The van der Waals surface area contributed by atoms with E-state index in [0.29, 0.717) is 18.9 Å². The zero-order valence-corrected chi connectivity index (χ0v) is 19.7. The van der Waals surface area contributed by atoms with Gasteiger partial charge in [0.1, 0.15) is 18.1 Å². The highest BCUT2D eigenvalue weighted by molar-refractivity contribution is 5.94. The van der Waals surface area contributed by atoms with E-state index in [4.69, 9.17) is 9.84 Å². The molecule has 0 atom stereocenters. The quantitative estimate of drug-likeness (QED) is 0.668. The van der Waals surface area contributed by atoms with Gasteiger partial charge in [-0.2, -0.15) is 5.10 Å². The second-order valence-corrected chi connectivity index (χ2v) is 8.93. The summed E-state index contributed by atoms with van der Waals surface area (Å²) in [5, 5.41) is 10.4. The molecule has 2 rings (SSSR count). The predicted octanol–water partition coefficient (Wildman–Crippen LogP) is 3.80. The smallest absolute Gasteiger partial charge is 0.317 e. The van der Waals surface area contributed by atoms with Crippen molar-refractivity contribution in [3.05, 3.63) is 36.0 Å². The number of carbonyl (C=O) groups is 2. The number of ether oxygens (including phenoxy) is 1. The van der Waals surface area contributed by atoms with Crippen LogP contribution < -0.4 is 15.4 Å². The number of anilines is 1. The Hall–Kier alpha value is -3.03. The first-order chi connectivity index (χ1) is 14.5. The molecule has 0 aliphatic heterocycles. The molecule has 0 aliphatic carbocycles. The van der Waals surface area contributed by atoms with Crippen LogP contribution in [0.3, 0.4) is 0 Å². The molecule has 0 fully saturated rings. The number of methoxy groups -OCH3 is 1. The van der Waals surface area contributed by atoms with Crippen molar-refractivity contribution in [1.82, 2.24) is 20.0 Å². The van der Waals surface area contributed by atoms with Crippen LogP contribution in [-0.4, -0.2) is 53.4 Å². The van der Waals surface area contributed by atoms with Crippen LogP contribution in [0.15, 0.2) is 30.3 Å². The SMILES string of the molecule is CCNC(=O)N(CC(=O)Nc1cc(C(C)(C)C)nn1-c1ccc(OC)cc1)CC(C)C. The van der Waals surface area contributed by atoms with Gasteiger partial charge in [0.15, 0.2) is 0 Å². The molecule has 1 aromatic carbocycles. The lowest BCUT2D eigenvalue weighted by molar-refractivity contribution is -0.116. The lowest BCUT2D eigenvalue weighted by Crippen LogP contribution is -2.45. The van der Waals surface area contributed by atoms with Gasteiger partial charge in [0.05, 0.1) is 18.5 Å². The third-order valence-electron chi connectivity index (χ3n) is 4.60. The van der Waals surface area contributed by atoms with Crippen LogP contribution in [0, 0.1) is 5.92 Å². The summed E-state index contributed by atoms with van der Waals surface area (Å²) in [7, 11) is 1.61. The van der Waals surface area contributed by atoms with Gasteiger partial charge in [0, 0.05) is 24.6 Å². The van der Waals surface area contributed by atoms with Gasteiger partial charge in [0.2, 0.25) is 5.91 Å². The average Bonchev–Trinajstić information content (AvgIpc) is 3.11. The lowest BCUT2D eigenvalue weighted by atomic mass is 9.92. The maximum atomic E-state index is 12.9. The van der Waals surface area contributed by atoms with Crippen molar-refractivity contribution in [3.63, 3.8) is 0 Å². The molecule has 0 spiro atoms. The van der Waals surface area contributed by atoms with Crippen molar-refractivity contribution in [3.8, 4) is 11.4 Å². The minimum atomic E-state index is -0.276. The van der Waals surface area contributed by atoms with Crippen LogP contribution in [0.25, 0.3) is 5.69 Å². The number of benzene rings is 1. The van der Waals surface area contributed by atoms with E-state index < -0.39 is 0 Å². The Bertz CT molecular complexity index is 882. The number of rotatable bonds is 8. The Kier molecular flexibility index (Phi) is 8.08. The van der Waals surface area contributed by atoms with Crippen molar-refractivity contribution in [2.24, 2.45) is 5.92 Å². The fourth-order valence-electron chi connectivity index (χ4n) is 3.04. The van der Waals surface area contributed by atoms with Gasteiger partial charge in [0.25, 0.3) is 0 Å². The standard InChI is InChI=1S/C23H35N5O3/c1-8-24-22(30)27(14-16(2)3)15-21(29)25-20-13-19(23(4,5)6)26-28(20)17-9-11-18(31-7)12-10-17/h9-13,16H,8,14-15H2,1-7H3,(H,24,30)(H,25,29). The van der Waals surface area contributed by atoms with Gasteiger partial charge in [-0.05, 0) is 37.1 Å². The molecule has 0 saturated carbocycles. The summed E-state index contributed by atoms with van der Waals surface area (Å²) in [5.74, 6) is 1.26. The molecule has 170 valence electrons. The van der Waals surface area contributed by atoms with E-state index in [1.54, 1.807) is 11.8 Å². The molecule has 8 heteroatoms. The molecule has 0 saturated heterocycles.